The number of carbonyl (C=O) groups excluding carboxylic acids is 2. The van der Waals surface area contributed by atoms with E-state index >= 15 is 0 Å². The van der Waals surface area contributed by atoms with Gasteiger partial charge in [0.2, 0.25) is 0 Å². The number of hydrogen-bond donors (Lipinski definition) is 0. The Morgan fingerprint density at radius 3 is 2.54 bits per heavy atom. The van der Waals surface area contributed by atoms with Crippen LogP contribution in [-0.2, 0) is 17.9 Å². The first-order valence-electron chi connectivity index (χ1n) is 10.9. The molecule has 0 aromatic heterocycles. The molecule has 0 atom stereocenters. The first-order chi connectivity index (χ1) is 17.0. The Kier molecular flexibility index (Phi) is 7.76. The zero-order valence-electron chi connectivity index (χ0n) is 18.9. The summed E-state index contributed by atoms with van der Waals surface area (Å²) in [5.41, 5.74) is 2.85. The van der Waals surface area contributed by atoms with E-state index in [1.165, 1.54) is 4.90 Å². The minimum absolute atomic E-state index is 0.181. The van der Waals surface area contributed by atoms with Crippen LogP contribution in [-0.4, -0.2) is 22.7 Å². The number of nitriles is 1. The molecule has 0 saturated carbocycles. The van der Waals surface area contributed by atoms with Gasteiger partial charge >= 0.3 is 0 Å². The average molecular weight is 505 g/mol. The summed E-state index contributed by atoms with van der Waals surface area (Å²) in [6, 6.07) is 21.7. The molecule has 0 radical (unpaired) electrons. The number of halogens is 1. The molecule has 4 rings (SSSR count). The van der Waals surface area contributed by atoms with E-state index in [0.29, 0.717) is 39.2 Å². The molecule has 1 aliphatic rings. The van der Waals surface area contributed by atoms with Crippen LogP contribution in [0.4, 0.5) is 4.79 Å². The van der Waals surface area contributed by atoms with E-state index in [-0.39, 0.29) is 24.3 Å². The van der Waals surface area contributed by atoms with Crippen LogP contribution < -0.4 is 9.47 Å². The van der Waals surface area contributed by atoms with Crippen molar-refractivity contribution >= 4 is 40.6 Å². The van der Waals surface area contributed by atoms with Gasteiger partial charge in [-0.25, -0.2) is 0 Å². The van der Waals surface area contributed by atoms with Crippen LogP contribution >= 0.6 is 23.4 Å². The summed E-state index contributed by atoms with van der Waals surface area (Å²) in [7, 11) is 0. The van der Waals surface area contributed by atoms with Crippen LogP contribution in [0.3, 0.4) is 0 Å². The SMILES string of the molecule is CCOc1cc(/C=C2\SC(=O)N(Cc3ccc(Cl)cc3)C2=O)ccc1OCc1ccccc1C#N. The lowest BCUT2D eigenvalue weighted by Crippen LogP contribution is -2.27. The Morgan fingerprint density at radius 1 is 1.03 bits per heavy atom. The fourth-order valence-electron chi connectivity index (χ4n) is 3.47. The minimum atomic E-state index is -0.346. The number of imide groups is 1. The normalized spacial score (nSPS) is 14.3. The topological polar surface area (TPSA) is 79.6 Å². The van der Waals surface area contributed by atoms with Crippen molar-refractivity contribution in [2.24, 2.45) is 0 Å². The smallest absolute Gasteiger partial charge is 0.293 e. The molecule has 3 aromatic carbocycles. The van der Waals surface area contributed by atoms with Crippen molar-refractivity contribution in [3.8, 4) is 17.6 Å². The lowest BCUT2D eigenvalue weighted by atomic mass is 10.1. The Labute approximate surface area is 212 Å². The molecule has 3 aromatic rings. The van der Waals surface area contributed by atoms with Gasteiger partial charge in [-0.15, -0.1) is 0 Å². The third-order valence-electron chi connectivity index (χ3n) is 5.21. The maximum Gasteiger partial charge on any atom is 0.293 e. The molecule has 0 N–H and O–H groups in total. The molecule has 0 unspecified atom stereocenters. The zero-order chi connectivity index (χ0) is 24.8. The molecule has 2 amide bonds. The van der Waals surface area contributed by atoms with Gasteiger partial charge in [-0.2, -0.15) is 5.26 Å². The average Bonchev–Trinajstić information content (AvgIpc) is 3.12. The predicted octanol–water partition coefficient (Wildman–Crippen LogP) is 6.43. The molecule has 8 heteroatoms. The van der Waals surface area contributed by atoms with E-state index in [1.54, 1.807) is 60.7 Å². The summed E-state index contributed by atoms with van der Waals surface area (Å²) >= 11 is 6.82. The predicted molar refractivity (Wildman–Crippen MR) is 136 cm³/mol. The van der Waals surface area contributed by atoms with E-state index in [2.05, 4.69) is 6.07 Å². The summed E-state index contributed by atoms with van der Waals surface area (Å²) in [6.07, 6.45) is 1.67. The molecule has 1 aliphatic heterocycles. The van der Waals surface area contributed by atoms with Gasteiger partial charge in [0.1, 0.15) is 6.61 Å². The molecule has 0 bridgehead atoms. The molecule has 35 heavy (non-hydrogen) atoms. The van der Waals surface area contributed by atoms with Crippen molar-refractivity contribution in [1.29, 1.82) is 5.26 Å². The molecule has 0 aliphatic carbocycles. The molecule has 1 saturated heterocycles. The summed E-state index contributed by atoms with van der Waals surface area (Å²) in [4.78, 5) is 26.9. The van der Waals surface area contributed by atoms with Crippen molar-refractivity contribution in [3.63, 3.8) is 0 Å². The summed E-state index contributed by atoms with van der Waals surface area (Å²) in [5, 5.41) is 9.55. The second kappa shape index (κ2) is 11.1. The van der Waals surface area contributed by atoms with Crippen LogP contribution in [0.2, 0.25) is 5.02 Å². The summed E-state index contributed by atoms with van der Waals surface area (Å²) in [6.45, 7) is 2.68. The maximum atomic E-state index is 12.9. The maximum absolute atomic E-state index is 12.9. The largest absolute Gasteiger partial charge is 0.490 e. The highest BCUT2D eigenvalue weighted by atomic mass is 35.5. The van der Waals surface area contributed by atoms with Gasteiger partial charge < -0.3 is 9.47 Å². The first kappa shape index (κ1) is 24.4. The standard InChI is InChI=1S/C27H21ClN2O4S/c1-2-33-24-13-19(9-12-23(24)34-17-21-6-4-3-5-20(21)15-29)14-25-26(31)30(27(32)35-25)16-18-7-10-22(28)11-8-18/h3-14H,2,16-17H2,1H3/b25-14-. The van der Waals surface area contributed by atoms with Crippen LogP contribution in [0, 0.1) is 11.3 Å². The number of carbonyl (C=O) groups is 2. The summed E-state index contributed by atoms with van der Waals surface area (Å²) in [5.74, 6) is 0.685. The van der Waals surface area contributed by atoms with Gasteiger partial charge in [-0.3, -0.25) is 14.5 Å². The van der Waals surface area contributed by atoms with Crippen molar-refractivity contribution < 1.29 is 19.1 Å². The van der Waals surface area contributed by atoms with E-state index < -0.39 is 0 Å². The van der Waals surface area contributed by atoms with Crippen LogP contribution in [0.5, 0.6) is 11.5 Å². The first-order valence-corrected chi connectivity index (χ1v) is 12.1. The number of ether oxygens (including phenoxy) is 2. The number of amides is 2. The molecule has 1 fully saturated rings. The number of nitrogens with zero attached hydrogens (tertiary/aromatic N) is 2. The van der Waals surface area contributed by atoms with Crippen molar-refractivity contribution in [2.75, 3.05) is 6.61 Å². The van der Waals surface area contributed by atoms with E-state index in [9.17, 15) is 14.9 Å². The lowest BCUT2D eigenvalue weighted by Gasteiger charge is -2.13. The van der Waals surface area contributed by atoms with Crippen molar-refractivity contribution in [3.05, 3.63) is 98.9 Å². The van der Waals surface area contributed by atoms with Gasteiger partial charge in [0.25, 0.3) is 11.1 Å². The Morgan fingerprint density at radius 2 is 1.80 bits per heavy atom. The monoisotopic (exact) mass is 504 g/mol. The molecular weight excluding hydrogens is 484 g/mol. The second-order valence-electron chi connectivity index (χ2n) is 7.59. The minimum Gasteiger partial charge on any atom is -0.490 e. The molecule has 6 nitrogen and oxygen atoms in total. The summed E-state index contributed by atoms with van der Waals surface area (Å²) < 4.78 is 11.7. The highest BCUT2D eigenvalue weighted by Gasteiger charge is 2.35. The number of rotatable bonds is 8. The quantitative estimate of drug-likeness (QED) is 0.329. The van der Waals surface area contributed by atoms with Gasteiger partial charge in [0.05, 0.1) is 29.7 Å². The second-order valence-corrected chi connectivity index (χ2v) is 9.02. The zero-order valence-corrected chi connectivity index (χ0v) is 20.4. The highest BCUT2D eigenvalue weighted by Crippen LogP contribution is 2.35. The number of benzene rings is 3. The Hall–Kier alpha value is -3.73. The molecule has 176 valence electrons. The third kappa shape index (κ3) is 5.86. The van der Waals surface area contributed by atoms with Crippen LogP contribution in [0.1, 0.15) is 29.2 Å². The third-order valence-corrected chi connectivity index (χ3v) is 6.37. The number of thioether (sulfide) groups is 1. The van der Waals surface area contributed by atoms with Gasteiger partial charge in [0.15, 0.2) is 11.5 Å². The van der Waals surface area contributed by atoms with E-state index in [0.717, 1.165) is 22.9 Å². The Balaban J connectivity index is 1.51. The highest BCUT2D eigenvalue weighted by molar-refractivity contribution is 8.18. The fourth-order valence-corrected chi connectivity index (χ4v) is 4.44. The van der Waals surface area contributed by atoms with Gasteiger partial charge in [-0.1, -0.05) is 48.0 Å². The van der Waals surface area contributed by atoms with Gasteiger partial charge in [-0.05, 0) is 66.2 Å². The lowest BCUT2D eigenvalue weighted by molar-refractivity contribution is -0.123. The van der Waals surface area contributed by atoms with E-state index in [1.807, 2.05) is 19.1 Å². The molecular formula is C27H21ClN2O4S. The molecule has 1 heterocycles. The van der Waals surface area contributed by atoms with Gasteiger partial charge in [0, 0.05) is 10.6 Å². The fraction of sp³-hybridized carbons (Fsp3) is 0.148. The number of hydrogen-bond acceptors (Lipinski definition) is 6. The van der Waals surface area contributed by atoms with E-state index in [4.69, 9.17) is 21.1 Å². The Bertz CT molecular complexity index is 1330. The van der Waals surface area contributed by atoms with Crippen LogP contribution in [0.15, 0.2) is 71.6 Å². The van der Waals surface area contributed by atoms with Crippen LogP contribution in [0.25, 0.3) is 6.08 Å². The van der Waals surface area contributed by atoms with Crippen molar-refractivity contribution in [2.45, 2.75) is 20.1 Å². The van der Waals surface area contributed by atoms with Crippen molar-refractivity contribution in [1.82, 2.24) is 4.90 Å². The molecule has 0 spiro atoms.